The molecule has 1 atom stereocenters. The van der Waals surface area contributed by atoms with Crippen molar-refractivity contribution in [3.05, 3.63) is 34.1 Å². The first kappa shape index (κ1) is 14.2. The van der Waals surface area contributed by atoms with Crippen LogP contribution in [0.2, 0.25) is 0 Å². The molecule has 0 heterocycles. The second-order valence-electron chi connectivity index (χ2n) is 5.20. The number of alkyl halides is 1. The Morgan fingerprint density at radius 1 is 1.25 bits per heavy atom. The minimum absolute atomic E-state index is 0.174. The molecule has 1 unspecified atom stereocenters. The largest absolute Gasteiger partial charge is 0.207 e. The number of hydrogen-bond donors (Lipinski definition) is 0. The fourth-order valence-corrected chi connectivity index (χ4v) is 3.32. The van der Waals surface area contributed by atoms with Gasteiger partial charge >= 0.3 is 0 Å². The molecule has 3 heteroatoms. The normalized spacial score (nSPS) is 13.9. The monoisotopic (exact) mass is 350 g/mol. The smallest absolute Gasteiger partial charge is 0.124 e. The van der Waals surface area contributed by atoms with Crippen LogP contribution < -0.4 is 0 Å². The van der Waals surface area contributed by atoms with Crippen molar-refractivity contribution in [3.63, 3.8) is 0 Å². The zero-order valence-electron chi connectivity index (χ0n) is 9.86. The van der Waals surface area contributed by atoms with Gasteiger partial charge in [0.25, 0.3) is 0 Å². The quantitative estimate of drug-likeness (QED) is 0.657. The summed E-state index contributed by atoms with van der Waals surface area (Å²) in [6.07, 6.45) is 0.894. The van der Waals surface area contributed by atoms with Crippen molar-refractivity contribution in [1.29, 1.82) is 0 Å². The van der Waals surface area contributed by atoms with Crippen molar-refractivity contribution in [2.45, 2.75) is 27.2 Å². The maximum Gasteiger partial charge on any atom is 0.124 e. The number of hydrogen-bond acceptors (Lipinski definition) is 0. The number of benzene rings is 1. The van der Waals surface area contributed by atoms with Gasteiger partial charge in [-0.25, -0.2) is 4.39 Å². The van der Waals surface area contributed by atoms with Gasteiger partial charge in [-0.3, -0.25) is 0 Å². The predicted molar refractivity (Wildman–Crippen MR) is 74.5 cm³/mol. The Bertz CT molecular complexity index is 335. The van der Waals surface area contributed by atoms with Crippen molar-refractivity contribution < 1.29 is 4.39 Å². The predicted octanol–water partition coefficient (Wildman–Crippen LogP) is 5.19. The summed E-state index contributed by atoms with van der Waals surface area (Å²) < 4.78 is 14.0. The SMILES string of the molecule is CC(C)(C)C(CBr)Cc1cc(F)cc(Br)c1. The molecule has 0 spiro atoms. The van der Waals surface area contributed by atoms with Crippen LogP contribution in [0.15, 0.2) is 22.7 Å². The van der Waals surface area contributed by atoms with Crippen molar-refractivity contribution >= 4 is 31.9 Å². The fourth-order valence-electron chi connectivity index (χ4n) is 1.61. The second kappa shape index (κ2) is 5.63. The maximum atomic E-state index is 13.2. The summed E-state index contributed by atoms with van der Waals surface area (Å²) in [6.45, 7) is 6.65. The Hall–Kier alpha value is 0.110. The van der Waals surface area contributed by atoms with E-state index in [0.29, 0.717) is 5.92 Å². The minimum Gasteiger partial charge on any atom is -0.207 e. The van der Waals surface area contributed by atoms with Crippen molar-refractivity contribution in [1.82, 2.24) is 0 Å². The average molecular weight is 352 g/mol. The lowest BCUT2D eigenvalue weighted by Crippen LogP contribution is -2.24. The Kier molecular flexibility index (Phi) is 4.99. The maximum absolute atomic E-state index is 13.2. The molecule has 1 aromatic carbocycles. The Balaban J connectivity index is 2.86. The van der Waals surface area contributed by atoms with Gasteiger partial charge in [0.2, 0.25) is 0 Å². The Morgan fingerprint density at radius 3 is 2.31 bits per heavy atom. The Labute approximate surface area is 114 Å². The zero-order valence-corrected chi connectivity index (χ0v) is 13.0. The summed E-state index contributed by atoms with van der Waals surface area (Å²) in [5.74, 6) is 0.327. The fraction of sp³-hybridized carbons (Fsp3) is 0.538. The van der Waals surface area contributed by atoms with Crippen LogP contribution in [0.4, 0.5) is 4.39 Å². The highest BCUT2D eigenvalue weighted by Gasteiger charge is 2.23. The van der Waals surface area contributed by atoms with Crippen LogP contribution in [0.5, 0.6) is 0 Å². The van der Waals surface area contributed by atoms with Crippen molar-refractivity contribution in [3.8, 4) is 0 Å². The molecule has 90 valence electrons. The van der Waals surface area contributed by atoms with Gasteiger partial charge in [0.1, 0.15) is 5.82 Å². The molecule has 0 aromatic heterocycles. The first-order chi connectivity index (χ1) is 7.32. The molecule has 0 saturated heterocycles. The summed E-state index contributed by atoms with van der Waals surface area (Å²) in [6, 6.07) is 5.10. The van der Waals surface area contributed by atoms with E-state index in [2.05, 4.69) is 52.6 Å². The van der Waals surface area contributed by atoms with Gasteiger partial charge < -0.3 is 0 Å². The van der Waals surface area contributed by atoms with E-state index in [0.717, 1.165) is 21.8 Å². The molecule has 1 rings (SSSR count). The van der Waals surface area contributed by atoms with Gasteiger partial charge in [-0.05, 0) is 41.5 Å². The van der Waals surface area contributed by atoms with Crippen LogP contribution in [0.3, 0.4) is 0 Å². The van der Waals surface area contributed by atoms with E-state index in [-0.39, 0.29) is 11.2 Å². The molecule has 0 nitrogen and oxygen atoms in total. The molecule has 0 fully saturated rings. The first-order valence-electron chi connectivity index (χ1n) is 5.34. The highest BCUT2D eigenvalue weighted by atomic mass is 79.9. The van der Waals surface area contributed by atoms with E-state index in [1.54, 1.807) is 6.07 Å². The third kappa shape index (κ3) is 4.17. The van der Waals surface area contributed by atoms with Crippen LogP contribution in [-0.4, -0.2) is 5.33 Å². The standard InChI is InChI=1S/C13H17Br2F/c1-13(2,3)10(8-14)4-9-5-11(15)7-12(16)6-9/h5-7,10H,4,8H2,1-3H3. The second-order valence-corrected chi connectivity index (χ2v) is 6.76. The Morgan fingerprint density at radius 2 is 1.88 bits per heavy atom. The van der Waals surface area contributed by atoms with Crippen LogP contribution >= 0.6 is 31.9 Å². The number of halogens is 3. The average Bonchev–Trinajstić information content (AvgIpc) is 2.10. The van der Waals surface area contributed by atoms with Gasteiger partial charge in [0.15, 0.2) is 0 Å². The van der Waals surface area contributed by atoms with E-state index < -0.39 is 0 Å². The van der Waals surface area contributed by atoms with E-state index in [4.69, 9.17) is 0 Å². The lowest BCUT2D eigenvalue weighted by Gasteiger charge is -2.29. The zero-order chi connectivity index (χ0) is 12.3. The summed E-state index contributed by atoms with van der Waals surface area (Å²) in [5, 5.41) is 0.935. The van der Waals surface area contributed by atoms with Gasteiger partial charge in [-0.1, -0.05) is 52.6 Å². The van der Waals surface area contributed by atoms with Crippen molar-refractivity contribution in [2.75, 3.05) is 5.33 Å². The molecule has 0 N–H and O–H groups in total. The summed E-state index contributed by atoms with van der Waals surface area (Å²) in [5.41, 5.74) is 1.27. The molecule has 1 aromatic rings. The topological polar surface area (TPSA) is 0 Å². The lowest BCUT2D eigenvalue weighted by molar-refractivity contribution is 0.266. The summed E-state index contributed by atoms with van der Waals surface area (Å²) in [4.78, 5) is 0. The van der Waals surface area contributed by atoms with Crippen LogP contribution in [0.25, 0.3) is 0 Å². The molecule has 0 aliphatic rings. The molecular formula is C13H17Br2F. The van der Waals surface area contributed by atoms with Crippen LogP contribution in [-0.2, 0) is 6.42 Å². The molecule has 0 amide bonds. The third-order valence-corrected chi connectivity index (χ3v) is 4.05. The minimum atomic E-state index is -0.174. The molecule has 16 heavy (non-hydrogen) atoms. The van der Waals surface area contributed by atoms with Crippen molar-refractivity contribution in [2.24, 2.45) is 11.3 Å². The van der Waals surface area contributed by atoms with Gasteiger partial charge in [-0.2, -0.15) is 0 Å². The summed E-state index contributed by atoms with van der Waals surface area (Å²) >= 11 is 6.86. The van der Waals surface area contributed by atoms with Crippen LogP contribution in [0.1, 0.15) is 26.3 Å². The lowest BCUT2D eigenvalue weighted by atomic mass is 9.78. The van der Waals surface area contributed by atoms with E-state index in [9.17, 15) is 4.39 Å². The molecule has 0 radical (unpaired) electrons. The molecule has 0 saturated carbocycles. The van der Waals surface area contributed by atoms with E-state index in [1.807, 2.05) is 6.07 Å². The van der Waals surface area contributed by atoms with E-state index in [1.165, 1.54) is 6.07 Å². The number of rotatable bonds is 3. The van der Waals surface area contributed by atoms with Gasteiger partial charge in [0.05, 0.1) is 0 Å². The third-order valence-electron chi connectivity index (χ3n) is 2.82. The molecular weight excluding hydrogens is 335 g/mol. The molecule has 0 aliphatic carbocycles. The van der Waals surface area contributed by atoms with Crippen LogP contribution in [0, 0.1) is 17.2 Å². The van der Waals surface area contributed by atoms with Gasteiger partial charge in [-0.15, -0.1) is 0 Å². The highest BCUT2D eigenvalue weighted by molar-refractivity contribution is 9.10. The molecule has 0 aliphatic heterocycles. The molecule has 0 bridgehead atoms. The van der Waals surface area contributed by atoms with E-state index >= 15 is 0 Å². The van der Waals surface area contributed by atoms with Gasteiger partial charge in [0, 0.05) is 9.80 Å². The highest BCUT2D eigenvalue weighted by Crippen LogP contribution is 2.31. The first-order valence-corrected chi connectivity index (χ1v) is 7.25. The summed E-state index contributed by atoms with van der Waals surface area (Å²) in [7, 11) is 0.